The van der Waals surface area contributed by atoms with Gasteiger partial charge in [0.15, 0.2) is 5.11 Å². The van der Waals surface area contributed by atoms with E-state index in [2.05, 4.69) is 16.0 Å². The van der Waals surface area contributed by atoms with E-state index < -0.39 is 17.6 Å². The number of benzene rings is 3. The molecule has 0 unspecified atom stereocenters. The Labute approximate surface area is 187 Å². The lowest BCUT2D eigenvalue weighted by molar-refractivity contribution is -0.137. The Morgan fingerprint density at radius 1 is 0.812 bits per heavy atom. The standard InChI is InChI=1S/C23H18F3N3O2S/c24-23(25,26)17-9-5-11-19(14-17)27-21(31)16-8-4-10-18(13-16)28-22(32)29-20(30)12-15-6-2-1-3-7-15/h1-11,13-14H,12H2,(H,27,31)(H2,28,29,30,32). The van der Waals surface area contributed by atoms with Gasteiger partial charge >= 0.3 is 6.18 Å². The van der Waals surface area contributed by atoms with E-state index in [-0.39, 0.29) is 28.7 Å². The minimum atomic E-state index is -4.51. The topological polar surface area (TPSA) is 70.2 Å². The Balaban J connectivity index is 1.60. The number of carbonyl (C=O) groups is 2. The van der Waals surface area contributed by atoms with Gasteiger partial charge in [-0.15, -0.1) is 0 Å². The minimum Gasteiger partial charge on any atom is -0.332 e. The third kappa shape index (κ3) is 6.64. The predicted molar refractivity (Wildman–Crippen MR) is 120 cm³/mol. The van der Waals surface area contributed by atoms with Gasteiger partial charge in [0, 0.05) is 16.9 Å². The third-order valence-electron chi connectivity index (χ3n) is 4.29. The van der Waals surface area contributed by atoms with Gasteiger partial charge in [0.2, 0.25) is 5.91 Å². The minimum absolute atomic E-state index is 0.0203. The fourth-order valence-corrected chi connectivity index (χ4v) is 3.06. The Morgan fingerprint density at radius 3 is 2.16 bits per heavy atom. The van der Waals surface area contributed by atoms with Crippen molar-refractivity contribution in [3.8, 4) is 0 Å². The van der Waals surface area contributed by atoms with Gasteiger partial charge in [0.1, 0.15) is 0 Å². The highest BCUT2D eigenvalue weighted by Crippen LogP contribution is 2.30. The molecular weight excluding hydrogens is 439 g/mol. The molecule has 0 aromatic heterocycles. The zero-order valence-corrected chi connectivity index (χ0v) is 17.4. The van der Waals surface area contributed by atoms with Crippen LogP contribution in [0.4, 0.5) is 24.5 Å². The van der Waals surface area contributed by atoms with Crippen LogP contribution >= 0.6 is 12.2 Å². The molecule has 0 saturated carbocycles. The molecule has 5 nitrogen and oxygen atoms in total. The van der Waals surface area contributed by atoms with Crippen LogP contribution in [0.3, 0.4) is 0 Å². The molecule has 164 valence electrons. The number of anilines is 2. The molecule has 0 radical (unpaired) electrons. The van der Waals surface area contributed by atoms with E-state index in [4.69, 9.17) is 12.2 Å². The van der Waals surface area contributed by atoms with Crippen LogP contribution in [0.1, 0.15) is 21.5 Å². The maximum Gasteiger partial charge on any atom is 0.416 e. The number of alkyl halides is 3. The summed E-state index contributed by atoms with van der Waals surface area (Å²) in [5, 5.41) is 7.88. The number of amides is 2. The molecule has 3 rings (SSSR count). The summed E-state index contributed by atoms with van der Waals surface area (Å²) < 4.78 is 38.6. The van der Waals surface area contributed by atoms with Crippen molar-refractivity contribution >= 4 is 40.5 Å². The number of hydrogen-bond donors (Lipinski definition) is 3. The number of halogens is 3. The van der Waals surface area contributed by atoms with Crippen molar-refractivity contribution in [1.82, 2.24) is 5.32 Å². The number of carbonyl (C=O) groups excluding carboxylic acids is 2. The lowest BCUT2D eigenvalue weighted by Gasteiger charge is -2.12. The Hall–Kier alpha value is -3.72. The van der Waals surface area contributed by atoms with Crippen LogP contribution in [0.2, 0.25) is 0 Å². The Kier molecular flexibility index (Phi) is 7.21. The van der Waals surface area contributed by atoms with Crippen LogP contribution in [0, 0.1) is 0 Å². The van der Waals surface area contributed by atoms with Crippen LogP contribution in [0.5, 0.6) is 0 Å². The number of rotatable bonds is 5. The number of thiocarbonyl (C=S) groups is 1. The molecule has 3 N–H and O–H groups in total. The highest BCUT2D eigenvalue weighted by molar-refractivity contribution is 7.80. The SMILES string of the molecule is O=C(Cc1ccccc1)NC(=S)Nc1cccc(C(=O)Nc2cccc(C(F)(F)F)c2)c1. The summed E-state index contributed by atoms with van der Waals surface area (Å²) in [5.74, 6) is -0.890. The van der Waals surface area contributed by atoms with Gasteiger partial charge in [-0.1, -0.05) is 42.5 Å². The predicted octanol–water partition coefficient (Wildman–Crippen LogP) is 5.01. The van der Waals surface area contributed by atoms with Crippen LogP contribution in [-0.2, 0) is 17.4 Å². The first kappa shape index (κ1) is 23.0. The smallest absolute Gasteiger partial charge is 0.332 e. The van der Waals surface area contributed by atoms with Crippen molar-refractivity contribution in [2.24, 2.45) is 0 Å². The average molecular weight is 457 g/mol. The summed E-state index contributed by atoms with van der Waals surface area (Å²) in [5.41, 5.74) is 0.632. The monoisotopic (exact) mass is 457 g/mol. The second kappa shape index (κ2) is 10.1. The first-order chi connectivity index (χ1) is 15.2. The molecule has 0 atom stereocenters. The van der Waals surface area contributed by atoms with Gasteiger partial charge in [-0.2, -0.15) is 13.2 Å². The molecule has 3 aromatic carbocycles. The van der Waals surface area contributed by atoms with Crippen molar-refractivity contribution in [1.29, 1.82) is 0 Å². The van der Waals surface area contributed by atoms with Crippen LogP contribution in [-0.4, -0.2) is 16.9 Å². The summed E-state index contributed by atoms with van der Waals surface area (Å²) in [6.45, 7) is 0. The lowest BCUT2D eigenvalue weighted by Crippen LogP contribution is -2.35. The fourth-order valence-electron chi connectivity index (χ4n) is 2.83. The molecule has 0 aliphatic heterocycles. The van der Waals surface area contributed by atoms with Gasteiger partial charge < -0.3 is 16.0 Å². The quantitative estimate of drug-likeness (QED) is 0.471. The van der Waals surface area contributed by atoms with Crippen molar-refractivity contribution in [3.63, 3.8) is 0 Å². The van der Waals surface area contributed by atoms with E-state index in [0.29, 0.717) is 5.69 Å². The second-order valence-corrected chi connectivity index (χ2v) is 7.19. The van der Waals surface area contributed by atoms with Gasteiger partial charge in [-0.25, -0.2) is 0 Å². The van der Waals surface area contributed by atoms with Crippen molar-refractivity contribution in [2.45, 2.75) is 12.6 Å². The van der Waals surface area contributed by atoms with E-state index in [9.17, 15) is 22.8 Å². The average Bonchev–Trinajstić information content (AvgIpc) is 2.74. The molecule has 9 heteroatoms. The molecule has 0 aliphatic carbocycles. The van der Waals surface area contributed by atoms with Gasteiger partial charge in [0.25, 0.3) is 5.91 Å². The van der Waals surface area contributed by atoms with Crippen molar-refractivity contribution in [2.75, 3.05) is 10.6 Å². The van der Waals surface area contributed by atoms with Gasteiger partial charge in [-0.05, 0) is 54.2 Å². The molecule has 0 fully saturated rings. The lowest BCUT2D eigenvalue weighted by atomic mass is 10.1. The summed E-state index contributed by atoms with van der Waals surface area (Å²) in [6, 6.07) is 19.7. The number of nitrogens with one attached hydrogen (secondary N) is 3. The first-order valence-electron chi connectivity index (χ1n) is 9.44. The second-order valence-electron chi connectivity index (χ2n) is 6.78. The zero-order chi connectivity index (χ0) is 23.1. The molecule has 0 spiro atoms. The van der Waals surface area contributed by atoms with Crippen molar-refractivity contribution < 1.29 is 22.8 Å². The van der Waals surface area contributed by atoms with Crippen LogP contribution in [0.15, 0.2) is 78.9 Å². The van der Waals surface area contributed by atoms with Crippen molar-refractivity contribution in [3.05, 3.63) is 95.6 Å². The van der Waals surface area contributed by atoms with Gasteiger partial charge in [0.05, 0.1) is 12.0 Å². The highest BCUT2D eigenvalue weighted by Gasteiger charge is 2.30. The van der Waals surface area contributed by atoms with Crippen LogP contribution in [0.25, 0.3) is 0 Å². The molecule has 0 saturated heterocycles. The van der Waals surface area contributed by atoms with E-state index in [1.165, 1.54) is 24.3 Å². The molecule has 0 heterocycles. The summed E-state index contributed by atoms with van der Waals surface area (Å²) in [4.78, 5) is 24.6. The molecule has 3 aromatic rings. The van der Waals surface area contributed by atoms with Crippen LogP contribution < -0.4 is 16.0 Å². The highest BCUT2D eigenvalue weighted by atomic mass is 32.1. The number of hydrogen-bond acceptors (Lipinski definition) is 3. The Bertz CT molecular complexity index is 1130. The summed E-state index contributed by atoms with van der Waals surface area (Å²) in [6.07, 6.45) is -4.35. The molecule has 0 bridgehead atoms. The molecule has 0 aliphatic rings. The molecular formula is C23H18F3N3O2S. The largest absolute Gasteiger partial charge is 0.416 e. The third-order valence-corrected chi connectivity index (χ3v) is 4.49. The normalized spacial score (nSPS) is 10.8. The van der Waals surface area contributed by atoms with E-state index >= 15 is 0 Å². The molecule has 2 amide bonds. The zero-order valence-electron chi connectivity index (χ0n) is 16.6. The maximum absolute atomic E-state index is 12.9. The van der Waals surface area contributed by atoms with E-state index in [1.54, 1.807) is 12.1 Å². The molecule has 32 heavy (non-hydrogen) atoms. The van der Waals surface area contributed by atoms with E-state index in [0.717, 1.165) is 17.7 Å². The Morgan fingerprint density at radius 2 is 1.47 bits per heavy atom. The van der Waals surface area contributed by atoms with Gasteiger partial charge in [-0.3, -0.25) is 9.59 Å². The first-order valence-corrected chi connectivity index (χ1v) is 9.85. The van der Waals surface area contributed by atoms with E-state index in [1.807, 2.05) is 30.3 Å². The summed E-state index contributed by atoms with van der Waals surface area (Å²) >= 11 is 5.14. The fraction of sp³-hybridized carbons (Fsp3) is 0.0870. The maximum atomic E-state index is 12.9. The summed E-state index contributed by atoms with van der Waals surface area (Å²) in [7, 11) is 0.